The second-order valence-electron chi connectivity index (χ2n) is 5.78. The number of hydrogen-bond acceptors (Lipinski definition) is 4. The zero-order valence-corrected chi connectivity index (χ0v) is 11.6. The largest absolute Gasteiger partial charge is 0.481 e. The van der Waals surface area contributed by atoms with Gasteiger partial charge in [0.2, 0.25) is 5.88 Å². The third kappa shape index (κ3) is 3.67. The van der Waals surface area contributed by atoms with E-state index in [-0.39, 0.29) is 0 Å². The lowest BCUT2D eigenvalue weighted by Crippen LogP contribution is -2.27. The predicted octanol–water partition coefficient (Wildman–Crippen LogP) is 1.66. The Kier molecular flexibility index (Phi) is 3.99. The molecule has 1 aromatic rings. The molecule has 4 nitrogen and oxygen atoms in total. The molecule has 1 N–H and O–H groups in total. The van der Waals surface area contributed by atoms with Crippen molar-refractivity contribution in [1.29, 1.82) is 0 Å². The minimum Gasteiger partial charge on any atom is -0.481 e. The average Bonchev–Trinajstić information content (AvgIpc) is 3.17. The third-order valence-corrected chi connectivity index (χ3v) is 4.06. The Morgan fingerprint density at radius 3 is 3.11 bits per heavy atom. The van der Waals surface area contributed by atoms with Crippen LogP contribution in [0.15, 0.2) is 18.3 Å². The normalized spacial score (nSPS) is 23.7. The highest BCUT2D eigenvalue weighted by atomic mass is 16.5. The van der Waals surface area contributed by atoms with Crippen LogP contribution >= 0.6 is 0 Å². The van der Waals surface area contributed by atoms with Gasteiger partial charge in [0.25, 0.3) is 0 Å². The highest BCUT2D eigenvalue weighted by molar-refractivity contribution is 5.20. The Hall–Kier alpha value is -1.13. The van der Waals surface area contributed by atoms with Crippen LogP contribution in [0.2, 0.25) is 0 Å². The van der Waals surface area contributed by atoms with E-state index < -0.39 is 0 Å². The molecular formula is C15H23N3O. The van der Waals surface area contributed by atoms with Crippen LogP contribution in [0.25, 0.3) is 0 Å². The van der Waals surface area contributed by atoms with Gasteiger partial charge in [0.15, 0.2) is 0 Å². The summed E-state index contributed by atoms with van der Waals surface area (Å²) in [6, 6.07) is 4.95. The Morgan fingerprint density at radius 2 is 2.32 bits per heavy atom. The van der Waals surface area contributed by atoms with E-state index in [4.69, 9.17) is 4.74 Å². The van der Waals surface area contributed by atoms with Gasteiger partial charge in [-0.05, 0) is 49.9 Å². The van der Waals surface area contributed by atoms with Gasteiger partial charge in [-0.15, -0.1) is 0 Å². The molecule has 1 atom stereocenters. The molecule has 2 aliphatic rings. The van der Waals surface area contributed by atoms with Crippen molar-refractivity contribution in [2.45, 2.75) is 31.8 Å². The Bertz CT molecular complexity index is 420. The van der Waals surface area contributed by atoms with E-state index in [1.54, 1.807) is 7.11 Å². The molecule has 0 aromatic carbocycles. The lowest BCUT2D eigenvalue weighted by atomic mass is 10.1. The molecule has 4 heteroatoms. The van der Waals surface area contributed by atoms with E-state index >= 15 is 0 Å². The number of ether oxygens (including phenoxy) is 1. The summed E-state index contributed by atoms with van der Waals surface area (Å²) in [7, 11) is 1.67. The lowest BCUT2D eigenvalue weighted by molar-refractivity contribution is 0.313. The van der Waals surface area contributed by atoms with Crippen molar-refractivity contribution >= 4 is 0 Å². The molecule has 1 saturated heterocycles. The molecule has 2 fully saturated rings. The van der Waals surface area contributed by atoms with Gasteiger partial charge in [-0.2, -0.15) is 0 Å². The van der Waals surface area contributed by atoms with Gasteiger partial charge in [0.1, 0.15) is 0 Å². The summed E-state index contributed by atoms with van der Waals surface area (Å²) < 4.78 is 5.17. The van der Waals surface area contributed by atoms with Crippen LogP contribution in [0.3, 0.4) is 0 Å². The van der Waals surface area contributed by atoms with Crippen LogP contribution < -0.4 is 10.1 Å². The maximum Gasteiger partial charge on any atom is 0.213 e. The summed E-state index contributed by atoms with van der Waals surface area (Å²) in [6.07, 6.45) is 5.92. The van der Waals surface area contributed by atoms with Crippen molar-refractivity contribution < 1.29 is 4.74 Å². The molecule has 2 heterocycles. The first kappa shape index (κ1) is 12.9. The summed E-state index contributed by atoms with van der Waals surface area (Å²) in [5, 5.41) is 3.64. The number of aromatic nitrogens is 1. The molecule has 1 unspecified atom stereocenters. The molecule has 1 aliphatic carbocycles. The second kappa shape index (κ2) is 5.88. The van der Waals surface area contributed by atoms with Gasteiger partial charge in [0, 0.05) is 31.4 Å². The number of hydrogen-bond donors (Lipinski definition) is 1. The van der Waals surface area contributed by atoms with E-state index in [2.05, 4.69) is 21.3 Å². The zero-order chi connectivity index (χ0) is 13.1. The van der Waals surface area contributed by atoms with Crippen molar-refractivity contribution in [2.75, 3.05) is 26.7 Å². The molecule has 1 saturated carbocycles. The quantitative estimate of drug-likeness (QED) is 0.845. The van der Waals surface area contributed by atoms with Gasteiger partial charge in [0.05, 0.1) is 7.11 Å². The summed E-state index contributed by atoms with van der Waals surface area (Å²) >= 11 is 0. The number of nitrogens with one attached hydrogen (secondary N) is 1. The summed E-state index contributed by atoms with van der Waals surface area (Å²) in [6.45, 7) is 4.63. The summed E-state index contributed by atoms with van der Waals surface area (Å²) in [4.78, 5) is 6.69. The molecule has 1 aliphatic heterocycles. The minimum atomic E-state index is 0.712. The smallest absolute Gasteiger partial charge is 0.213 e. The SMILES string of the molecule is COc1cc(CN2CCC(CNC3CC3)C2)ccn1. The van der Waals surface area contributed by atoms with Crippen LogP contribution in [0.1, 0.15) is 24.8 Å². The zero-order valence-electron chi connectivity index (χ0n) is 11.6. The first-order valence-corrected chi connectivity index (χ1v) is 7.28. The highest BCUT2D eigenvalue weighted by Gasteiger charge is 2.26. The molecule has 0 amide bonds. The van der Waals surface area contributed by atoms with Crippen molar-refractivity contribution in [1.82, 2.24) is 15.2 Å². The van der Waals surface area contributed by atoms with E-state index in [1.807, 2.05) is 12.3 Å². The molecule has 104 valence electrons. The van der Waals surface area contributed by atoms with E-state index in [0.717, 1.165) is 18.5 Å². The fourth-order valence-corrected chi connectivity index (χ4v) is 2.76. The van der Waals surface area contributed by atoms with Crippen LogP contribution in [0, 0.1) is 5.92 Å². The first-order chi connectivity index (χ1) is 9.33. The fraction of sp³-hybridized carbons (Fsp3) is 0.667. The maximum atomic E-state index is 5.17. The number of nitrogens with zero attached hydrogens (tertiary/aromatic N) is 2. The molecule has 0 bridgehead atoms. The summed E-state index contributed by atoms with van der Waals surface area (Å²) in [5.74, 6) is 1.54. The lowest BCUT2D eigenvalue weighted by Gasteiger charge is -2.16. The standard InChI is InChI=1S/C15H23N3O/c1-19-15-8-12(4-6-16-15)10-18-7-5-13(11-18)9-17-14-2-3-14/h4,6,8,13-14,17H,2-3,5,7,9-11H2,1H3. The number of pyridine rings is 1. The van der Waals surface area contributed by atoms with Crippen molar-refractivity contribution in [3.05, 3.63) is 23.9 Å². The fourth-order valence-electron chi connectivity index (χ4n) is 2.76. The number of methoxy groups -OCH3 is 1. The van der Waals surface area contributed by atoms with Gasteiger partial charge in [-0.1, -0.05) is 0 Å². The molecule has 0 spiro atoms. The molecule has 19 heavy (non-hydrogen) atoms. The molecule has 0 radical (unpaired) electrons. The van der Waals surface area contributed by atoms with Gasteiger partial charge >= 0.3 is 0 Å². The van der Waals surface area contributed by atoms with Crippen LogP contribution in [-0.2, 0) is 6.54 Å². The molecular weight excluding hydrogens is 238 g/mol. The second-order valence-corrected chi connectivity index (χ2v) is 5.78. The van der Waals surface area contributed by atoms with Crippen molar-refractivity contribution in [2.24, 2.45) is 5.92 Å². The Labute approximate surface area is 115 Å². The number of likely N-dealkylation sites (tertiary alicyclic amines) is 1. The summed E-state index contributed by atoms with van der Waals surface area (Å²) in [5.41, 5.74) is 1.29. The first-order valence-electron chi connectivity index (χ1n) is 7.28. The van der Waals surface area contributed by atoms with Crippen LogP contribution in [0.4, 0.5) is 0 Å². The molecule has 1 aromatic heterocycles. The Morgan fingerprint density at radius 1 is 1.42 bits per heavy atom. The average molecular weight is 261 g/mol. The van der Waals surface area contributed by atoms with E-state index in [0.29, 0.717) is 5.88 Å². The number of rotatable bonds is 6. The molecule has 3 rings (SSSR count). The van der Waals surface area contributed by atoms with Crippen molar-refractivity contribution in [3.8, 4) is 5.88 Å². The highest BCUT2D eigenvalue weighted by Crippen LogP contribution is 2.22. The van der Waals surface area contributed by atoms with Crippen LogP contribution in [0.5, 0.6) is 5.88 Å². The monoisotopic (exact) mass is 261 g/mol. The van der Waals surface area contributed by atoms with Crippen molar-refractivity contribution in [3.63, 3.8) is 0 Å². The topological polar surface area (TPSA) is 37.4 Å². The van der Waals surface area contributed by atoms with E-state index in [1.165, 1.54) is 44.5 Å². The van der Waals surface area contributed by atoms with Gasteiger partial charge < -0.3 is 10.1 Å². The van der Waals surface area contributed by atoms with Gasteiger partial charge in [-0.25, -0.2) is 4.98 Å². The third-order valence-electron chi connectivity index (χ3n) is 4.06. The maximum absolute atomic E-state index is 5.17. The van der Waals surface area contributed by atoms with Gasteiger partial charge in [-0.3, -0.25) is 4.90 Å². The Balaban J connectivity index is 1.47. The van der Waals surface area contributed by atoms with E-state index in [9.17, 15) is 0 Å². The van der Waals surface area contributed by atoms with Crippen LogP contribution in [-0.4, -0.2) is 42.7 Å². The minimum absolute atomic E-state index is 0.712. The predicted molar refractivity (Wildman–Crippen MR) is 75.2 cm³/mol.